The molecule has 2 rings (SSSR count). The minimum Gasteiger partial charge on any atom is -0.485 e. The first kappa shape index (κ1) is 19.4. The molecule has 0 aliphatic rings. The van der Waals surface area contributed by atoms with Gasteiger partial charge >= 0.3 is 5.97 Å². The zero-order valence-electron chi connectivity index (χ0n) is 14.9. The van der Waals surface area contributed by atoms with Gasteiger partial charge in [-0.15, -0.1) is 0 Å². The van der Waals surface area contributed by atoms with Crippen molar-refractivity contribution < 1.29 is 23.6 Å². The Kier molecular flexibility index (Phi) is 6.67. The van der Waals surface area contributed by atoms with Crippen molar-refractivity contribution >= 4 is 11.9 Å². The van der Waals surface area contributed by atoms with Crippen molar-refractivity contribution in [2.45, 2.75) is 33.0 Å². The van der Waals surface area contributed by atoms with Crippen molar-refractivity contribution in [1.82, 2.24) is 15.5 Å². The third-order valence-corrected chi connectivity index (χ3v) is 3.57. The van der Waals surface area contributed by atoms with Gasteiger partial charge in [0.05, 0.1) is 25.3 Å². The van der Waals surface area contributed by atoms with Crippen LogP contribution in [0.25, 0.3) is 0 Å². The fourth-order valence-corrected chi connectivity index (χ4v) is 1.98. The highest BCUT2D eigenvalue weighted by Gasteiger charge is 2.18. The predicted octanol–water partition coefficient (Wildman–Crippen LogP) is 1.03. The molecule has 0 aliphatic heterocycles. The van der Waals surface area contributed by atoms with Crippen LogP contribution in [0.15, 0.2) is 28.8 Å². The number of esters is 1. The van der Waals surface area contributed by atoms with Crippen LogP contribution in [0.4, 0.5) is 0 Å². The first-order chi connectivity index (χ1) is 12.4. The topological polar surface area (TPSA) is 130 Å². The first-order valence-corrected chi connectivity index (χ1v) is 8.06. The van der Waals surface area contributed by atoms with Gasteiger partial charge in [-0.3, -0.25) is 4.79 Å². The summed E-state index contributed by atoms with van der Waals surface area (Å²) in [5.74, 6) is 0.322. The van der Waals surface area contributed by atoms with Gasteiger partial charge in [-0.1, -0.05) is 25.1 Å². The highest BCUT2D eigenvalue weighted by molar-refractivity contribution is 5.89. The number of rotatable bonds is 8. The SMILES string of the molecule is COC(=O)c1cccc(OCc2noc(CNC(=O)[C@@H](N)C(C)C)n2)c1. The maximum absolute atomic E-state index is 11.8. The molecule has 0 saturated heterocycles. The van der Waals surface area contributed by atoms with Gasteiger partial charge in [0.1, 0.15) is 5.75 Å². The van der Waals surface area contributed by atoms with E-state index in [4.69, 9.17) is 15.0 Å². The zero-order valence-corrected chi connectivity index (χ0v) is 14.9. The number of carbonyl (C=O) groups excluding carboxylic acids is 2. The Morgan fingerprint density at radius 2 is 2.12 bits per heavy atom. The van der Waals surface area contributed by atoms with E-state index in [2.05, 4.69) is 20.2 Å². The van der Waals surface area contributed by atoms with Crippen LogP contribution < -0.4 is 15.8 Å². The van der Waals surface area contributed by atoms with E-state index in [9.17, 15) is 9.59 Å². The lowest BCUT2D eigenvalue weighted by Crippen LogP contribution is -2.43. The van der Waals surface area contributed by atoms with Crippen LogP contribution in [0.1, 0.15) is 35.9 Å². The second-order valence-electron chi connectivity index (χ2n) is 5.90. The van der Waals surface area contributed by atoms with E-state index in [0.29, 0.717) is 17.1 Å². The lowest BCUT2D eigenvalue weighted by Gasteiger charge is -2.14. The molecule has 1 amide bonds. The second-order valence-corrected chi connectivity index (χ2v) is 5.90. The quantitative estimate of drug-likeness (QED) is 0.666. The highest BCUT2D eigenvalue weighted by Crippen LogP contribution is 2.15. The molecular weight excluding hydrogens is 340 g/mol. The molecule has 0 aliphatic carbocycles. The Morgan fingerprint density at radius 1 is 1.35 bits per heavy atom. The van der Waals surface area contributed by atoms with Crippen molar-refractivity contribution in [1.29, 1.82) is 0 Å². The Morgan fingerprint density at radius 3 is 2.81 bits per heavy atom. The normalized spacial score (nSPS) is 11.9. The number of carbonyl (C=O) groups is 2. The lowest BCUT2D eigenvalue weighted by atomic mass is 10.1. The Bertz CT molecular complexity index is 759. The van der Waals surface area contributed by atoms with E-state index in [0.717, 1.165) is 0 Å². The number of hydrogen-bond acceptors (Lipinski definition) is 8. The molecule has 1 heterocycles. The Balaban J connectivity index is 1.87. The zero-order chi connectivity index (χ0) is 19.1. The molecule has 2 aromatic rings. The van der Waals surface area contributed by atoms with E-state index in [-0.39, 0.29) is 30.9 Å². The van der Waals surface area contributed by atoms with Crippen molar-refractivity contribution in [3.63, 3.8) is 0 Å². The Labute approximate surface area is 150 Å². The number of benzene rings is 1. The smallest absolute Gasteiger partial charge is 0.337 e. The molecule has 3 N–H and O–H groups in total. The van der Waals surface area contributed by atoms with Gasteiger partial charge in [0.2, 0.25) is 17.6 Å². The monoisotopic (exact) mass is 362 g/mol. The van der Waals surface area contributed by atoms with E-state index in [1.165, 1.54) is 7.11 Å². The molecule has 140 valence electrons. The molecular formula is C17H22N4O5. The second kappa shape index (κ2) is 8.95. The number of nitrogens with one attached hydrogen (secondary N) is 1. The van der Waals surface area contributed by atoms with Gasteiger partial charge in [-0.05, 0) is 24.1 Å². The average molecular weight is 362 g/mol. The first-order valence-electron chi connectivity index (χ1n) is 8.06. The largest absolute Gasteiger partial charge is 0.485 e. The predicted molar refractivity (Wildman–Crippen MR) is 91.1 cm³/mol. The summed E-state index contributed by atoms with van der Waals surface area (Å²) in [6, 6.07) is 5.95. The fourth-order valence-electron chi connectivity index (χ4n) is 1.98. The van der Waals surface area contributed by atoms with Gasteiger partial charge in [0.15, 0.2) is 6.61 Å². The van der Waals surface area contributed by atoms with E-state index < -0.39 is 12.0 Å². The standard InChI is InChI=1S/C17H22N4O5/c1-10(2)15(18)16(22)19-8-14-20-13(21-26-14)9-25-12-6-4-5-11(7-12)17(23)24-3/h4-7,10,15H,8-9,18H2,1-3H3,(H,19,22)/t15-/m0/s1. The summed E-state index contributed by atoms with van der Waals surface area (Å²) in [5.41, 5.74) is 6.13. The van der Waals surface area contributed by atoms with Crippen LogP contribution in [0, 0.1) is 5.92 Å². The van der Waals surface area contributed by atoms with Crippen molar-refractivity contribution in [2.75, 3.05) is 7.11 Å². The van der Waals surface area contributed by atoms with E-state index in [1.807, 2.05) is 13.8 Å². The Hall–Kier alpha value is -2.94. The van der Waals surface area contributed by atoms with Crippen molar-refractivity contribution in [3.8, 4) is 5.75 Å². The number of hydrogen-bond donors (Lipinski definition) is 2. The molecule has 0 radical (unpaired) electrons. The van der Waals surface area contributed by atoms with Gasteiger partial charge in [0, 0.05) is 0 Å². The van der Waals surface area contributed by atoms with Crippen molar-refractivity contribution in [2.24, 2.45) is 11.7 Å². The maximum Gasteiger partial charge on any atom is 0.337 e. The van der Waals surface area contributed by atoms with Crippen molar-refractivity contribution in [3.05, 3.63) is 41.5 Å². The summed E-state index contributed by atoms with van der Waals surface area (Å²) < 4.78 is 15.2. The van der Waals surface area contributed by atoms with Gasteiger partial charge in [-0.2, -0.15) is 4.98 Å². The minimum absolute atomic E-state index is 0.0300. The minimum atomic E-state index is -0.595. The summed E-state index contributed by atoms with van der Waals surface area (Å²) in [5, 5.41) is 6.42. The highest BCUT2D eigenvalue weighted by atomic mass is 16.5. The van der Waals surface area contributed by atoms with Crippen LogP contribution in [0.5, 0.6) is 5.75 Å². The van der Waals surface area contributed by atoms with Crippen LogP contribution in [0.3, 0.4) is 0 Å². The van der Waals surface area contributed by atoms with Crippen LogP contribution in [-0.4, -0.2) is 35.2 Å². The number of methoxy groups -OCH3 is 1. The van der Waals surface area contributed by atoms with E-state index >= 15 is 0 Å². The average Bonchev–Trinajstić information content (AvgIpc) is 3.11. The third kappa shape index (κ3) is 5.28. The summed E-state index contributed by atoms with van der Waals surface area (Å²) in [6.45, 7) is 3.86. The molecule has 0 bridgehead atoms. The van der Waals surface area contributed by atoms with Gasteiger partial charge in [0.25, 0.3) is 0 Å². The lowest BCUT2D eigenvalue weighted by molar-refractivity contribution is -0.123. The molecule has 1 aromatic carbocycles. The molecule has 26 heavy (non-hydrogen) atoms. The molecule has 9 nitrogen and oxygen atoms in total. The summed E-state index contributed by atoms with van der Waals surface area (Å²) in [7, 11) is 1.31. The molecule has 0 saturated carbocycles. The van der Waals surface area contributed by atoms with E-state index in [1.54, 1.807) is 24.3 Å². The number of nitrogens with zero attached hydrogens (tertiary/aromatic N) is 2. The van der Waals surface area contributed by atoms with Crippen LogP contribution in [0.2, 0.25) is 0 Å². The molecule has 0 unspecified atom stereocenters. The third-order valence-electron chi connectivity index (χ3n) is 3.57. The van der Waals surface area contributed by atoms with Crippen LogP contribution >= 0.6 is 0 Å². The fraction of sp³-hybridized carbons (Fsp3) is 0.412. The molecule has 9 heteroatoms. The summed E-state index contributed by atoms with van der Waals surface area (Å²) in [4.78, 5) is 27.4. The molecule has 0 fully saturated rings. The molecule has 0 spiro atoms. The summed E-state index contributed by atoms with van der Waals surface area (Å²) >= 11 is 0. The van der Waals surface area contributed by atoms with Gasteiger partial charge < -0.3 is 25.0 Å². The maximum atomic E-state index is 11.8. The number of amides is 1. The number of aromatic nitrogens is 2. The molecule has 1 atom stereocenters. The number of ether oxygens (including phenoxy) is 2. The number of nitrogens with two attached hydrogens (primary N) is 1. The summed E-state index contributed by atoms with van der Waals surface area (Å²) in [6.07, 6.45) is 0. The molecule has 1 aromatic heterocycles. The van der Waals surface area contributed by atoms with Gasteiger partial charge in [-0.25, -0.2) is 4.79 Å². The van der Waals surface area contributed by atoms with Crippen LogP contribution in [-0.2, 0) is 22.7 Å².